The molecule has 1 aliphatic heterocycles. The van der Waals surface area contributed by atoms with Gasteiger partial charge in [0.1, 0.15) is 0 Å². The molecule has 7 heteroatoms. The molecule has 0 saturated carbocycles. The van der Waals surface area contributed by atoms with E-state index >= 15 is 0 Å². The van der Waals surface area contributed by atoms with Gasteiger partial charge in [0, 0.05) is 19.0 Å². The molecule has 1 saturated heterocycles. The molecule has 19 heavy (non-hydrogen) atoms. The lowest BCUT2D eigenvalue weighted by atomic mass is 10.0. The third kappa shape index (κ3) is 4.68. The first-order chi connectivity index (χ1) is 8.81. The third-order valence-electron chi connectivity index (χ3n) is 3.28. The van der Waals surface area contributed by atoms with Gasteiger partial charge in [-0.1, -0.05) is 13.8 Å². The summed E-state index contributed by atoms with van der Waals surface area (Å²) in [4.78, 5) is 23.6. The zero-order chi connectivity index (χ0) is 14.6. The first kappa shape index (κ1) is 15.7. The Balaban J connectivity index is 2.36. The fraction of sp³-hybridized carbons (Fsp3) is 0.833. The predicted molar refractivity (Wildman–Crippen MR) is 69.5 cm³/mol. The Labute approximate surface area is 112 Å². The van der Waals surface area contributed by atoms with Gasteiger partial charge in [0.15, 0.2) is 0 Å². The van der Waals surface area contributed by atoms with Crippen LogP contribution in [0.2, 0.25) is 0 Å². The minimum atomic E-state index is -1.05. The number of rotatable bonds is 5. The molecule has 0 unspecified atom stereocenters. The molecule has 1 fully saturated rings. The Hall–Kier alpha value is -1.34. The highest BCUT2D eigenvalue weighted by Gasteiger charge is 2.34. The Kier molecular flexibility index (Phi) is 5.56. The number of carboxylic acid groups (broad SMARTS) is 1. The van der Waals surface area contributed by atoms with Gasteiger partial charge in [-0.3, -0.25) is 4.79 Å². The van der Waals surface area contributed by atoms with E-state index in [1.807, 2.05) is 13.8 Å². The van der Waals surface area contributed by atoms with Crippen molar-refractivity contribution in [3.63, 3.8) is 0 Å². The average molecular weight is 273 g/mol. The summed E-state index contributed by atoms with van der Waals surface area (Å²) in [7, 11) is 0. The number of β-amino-alcohol motifs (C(OH)–C–C–N with tert-alkyl or cyclic N) is 1. The van der Waals surface area contributed by atoms with E-state index in [1.165, 1.54) is 0 Å². The summed E-state index contributed by atoms with van der Waals surface area (Å²) in [5.74, 6) is -0.193. The van der Waals surface area contributed by atoms with Crippen LogP contribution in [0.5, 0.6) is 0 Å². The highest BCUT2D eigenvalue weighted by Crippen LogP contribution is 2.16. The van der Waals surface area contributed by atoms with Crippen molar-refractivity contribution in [1.82, 2.24) is 10.2 Å². The van der Waals surface area contributed by atoms with Crippen LogP contribution < -0.4 is 11.1 Å². The molecule has 5 N–H and O–H groups in total. The number of hydrogen-bond donors (Lipinski definition) is 4. The van der Waals surface area contributed by atoms with Gasteiger partial charge in [-0.2, -0.15) is 0 Å². The summed E-state index contributed by atoms with van der Waals surface area (Å²) in [5.41, 5.74) is 5.73. The molecule has 2 amide bonds. The second-order valence-electron chi connectivity index (χ2n) is 5.50. The molecule has 0 aliphatic carbocycles. The van der Waals surface area contributed by atoms with Crippen LogP contribution in [0.15, 0.2) is 0 Å². The topological polar surface area (TPSA) is 116 Å². The Morgan fingerprint density at radius 3 is 2.53 bits per heavy atom. The minimum Gasteiger partial charge on any atom is -0.465 e. The zero-order valence-corrected chi connectivity index (χ0v) is 11.4. The van der Waals surface area contributed by atoms with Crippen LogP contribution in [-0.2, 0) is 4.79 Å². The molecular formula is C12H23N3O4. The SMILES string of the molecule is CC(C)C[C@H](N)C(=O)NC[C@@H]1CN(C(=O)O)C[C@@H]1O. The normalized spacial score (nSPS) is 24.6. The first-order valence-electron chi connectivity index (χ1n) is 6.50. The van der Waals surface area contributed by atoms with Gasteiger partial charge in [0.05, 0.1) is 18.7 Å². The number of carbonyl (C=O) groups is 2. The number of aliphatic hydroxyl groups is 1. The van der Waals surface area contributed by atoms with Crippen molar-refractivity contribution in [1.29, 1.82) is 0 Å². The van der Waals surface area contributed by atoms with E-state index in [-0.39, 0.29) is 31.5 Å². The Morgan fingerprint density at radius 1 is 1.42 bits per heavy atom. The largest absolute Gasteiger partial charge is 0.465 e. The molecule has 1 heterocycles. The summed E-state index contributed by atoms with van der Waals surface area (Å²) in [6.45, 7) is 4.54. The van der Waals surface area contributed by atoms with Gasteiger partial charge in [-0.15, -0.1) is 0 Å². The number of likely N-dealkylation sites (tertiary alicyclic amines) is 1. The summed E-state index contributed by atoms with van der Waals surface area (Å²) in [5, 5.41) is 21.2. The van der Waals surface area contributed by atoms with E-state index < -0.39 is 18.2 Å². The summed E-state index contributed by atoms with van der Waals surface area (Å²) < 4.78 is 0. The van der Waals surface area contributed by atoms with Crippen LogP contribution in [0.25, 0.3) is 0 Å². The van der Waals surface area contributed by atoms with Crippen LogP contribution in [0.1, 0.15) is 20.3 Å². The van der Waals surface area contributed by atoms with Crippen LogP contribution in [0.4, 0.5) is 4.79 Å². The van der Waals surface area contributed by atoms with E-state index in [4.69, 9.17) is 10.8 Å². The number of carbonyl (C=O) groups excluding carboxylic acids is 1. The molecule has 0 aromatic heterocycles. The molecule has 0 bridgehead atoms. The average Bonchev–Trinajstić information content (AvgIpc) is 2.67. The Bertz CT molecular complexity index is 335. The van der Waals surface area contributed by atoms with Crippen molar-refractivity contribution in [3.05, 3.63) is 0 Å². The molecule has 110 valence electrons. The highest BCUT2D eigenvalue weighted by molar-refractivity contribution is 5.81. The van der Waals surface area contributed by atoms with Gasteiger partial charge in [-0.25, -0.2) is 4.79 Å². The second kappa shape index (κ2) is 6.72. The second-order valence-corrected chi connectivity index (χ2v) is 5.50. The lowest BCUT2D eigenvalue weighted by molar-refractivity contribution is -0.122. The molecule has 3 atom stereocenters. The number of nitrogens with two attached hydrogens (primary N) is 1. The van der Waals surface area contributed by atoms with Gasteiger partial charge >= 0.3 is 6.09 Å². The summed E-state index contributed by atoms with van der Waals surface area (Å²) in [6.07, 6.45) is -1.19. The van der Waals surface area contributed by atoms with E-state index in [0.717, 1.165) is 4.90 Å². The van der Waals surface area contributed by atoms with Gasteiger partial charge < -0.3 is 26.2 Å². The number of amides is 2. The fourth-order valence-electron chi connectivity index (χ4n) is 2.19. The lowest BCUT2D eigenvalue weighted by Gasteiger charge is -2.17. The van der Waals surface area contributed by atoms with E-state index in [2.05, 4.69) is 5.32 Å². The monoisotopic (exact) mass is 273 g/mol. The van der Waals surface area contributed by atoms with E-state index in [1.54, 1.807) is 0 Å². The van der Waals surface area contributed by atoms with Gasteiger partial charge in [-0.05, 0) is 12.3 Å². The standard InChI is InChI=1S/C12H23N3O4/c1-7(2)3-9(13)11(17)14-4-8-5-15(12(18)19)6-10(8)16/h7-10,16H,3-6,13H2,1-2H3,(H,14,17)(H,18,19)/t8-,9+,10+/m1/s1. The quantitative estimate of drug-likeness (QED) is 0.536. The van der Waals surface area contributed by atoms with Gasteiger partial charge in [0.2, 0.25) is 5.91 Å². The Morgan fingerprint density at radius 2 is 2.05 bits per heavy atom. The third-order valence-corrected chi connectivity index (χ3v) is 3.28. The lowest BCUT2D eigenvalue weighted by Crippen LogP contribution is -2.44. The maximum atomic E-state index is 11.7. The number of nitrogens with zero attached hydrogens (tertiary/aromatic N) is 1. The van der Waals surface area contributed by atoms with Crippen molar-refractivity contribution in [2.45, 2.75) is 32.4 Å². The van der Waals surface area contributed by atoms with Crippen molar-refractivity contribution < 1.29 is 19.8 Å². The number of hydrogen-bond acceptors (Lipinski definition) is 4. The van der Waals surface area contributed by atoms with Crippen molar-refractivity contribution in [2.75, 3.05) is 19.6 Å². The fourth-order valence-corrected chi connectivity index (χ4v) is 2.19. The predicted octanol–water partition coefficient (Wildman–Crippen LogP) is -0.553. The number of nitrogens with one attached hydrogen (secondary N) is 1. The summed E-state index contributed by atoms with van der Waals surface area (Å²) in [6, 6.07) is -0.561. The van der Waals surface area contributed by atoms with Crippen molar-refractivity contribution >= 4 is 12.0 Å². The van der Waals surface area contributed by atoms with Crippen molar-refractivity contribution in [3.8, 4) is 0 Å². The maximum absolute atomic E-state index is 11.7. The molecule has 0 aromatic carbocycles. The van der Waals surface area contributed by atoms with E-state index in [0.29, 0.717) is 12.3 Å². The molecular weight excluding hydrogens is 250 g/mol. The van der Waals surface area contributed by atoms with Crippen LogP contribution in [-0.4, -0.2) is 58.9 Å². The molecule has 1 aliphatic rings. The molecule has 7 nitrogen and oxygen atoms in total. The van der Waals surface area contributed by atoms with Gasteiger partial charge in [0.25, 0.3) is 0 Å². The summed E-state index contributed by atoms with van der Waals surface area (Å²) >= 11 is 0. The molecule has 0 spiro atoms. The smallest absolute Gasteiger partial charge is 0.407 e. The van der Waals surface area contributed by atoms with Crippen molar-refractivity contribution in [2.24, 2.45) is 17.6 Å². The molecule has 0 radical (unpaired) electrons. The number of aliphatic hydroxyl groups excluding tert-OH is 1. The zero-order valence-electron chi connectivity index (χ0n) is 11.4. The van der Waals surface area contributed by atoms with Crippen LogP contribution in [0, 0.1) is 11.8 Å². The van der Waals surface area contributed by atoms with Crippen LogP contribution in [0.3, 0.4) is 0 Å². The molecule has 1 rings (SSSR count). The minimum absolute atomic E-state index is 0.0912. The van der Waals surface area contributed by atoms with Crippen LogP contribution >= 0.6 is 0 Å². The highest BCUT2D eigenvalue weighted by atomic mass is 16.4. The first-order valence-corrected chi connectivity index (χ1v) is 6.50. The molecule has 0 aromatic rings. The van der Waals surface area contributed by atoms with E-state index in [9.17, 15) is 14.7 Å². The maximum Gasteiger partial charge on any atom is 0.407 e.